The Bertz CT molecular complexity index is 357. The van der Waals surface area contributed by atoms with Crippen LogP contribution in [0.2, 0.25) is 0 Å². The summed E-state index contributed by atoms with van der Waals surface area (Å²) in [6.07, 6.45) is 23.1. The summed E-state index contributed by atoms with van der Waals surface area (Å²) in [6.45, 7) is 6.73. The van der Waals surface area contributed by atoms with Gasteiger partial charge in [0.2, 0.25) is 0 Å². The van der Waals surface area contributed by atoms with Crippen molar-refractivity contribution in [3.8, 4) is 0 Å². The van der Waals surface area contributed by atoms with E-state index in [1.54, 1.807) is 0 Å². The van der Waals surface area contributed by atoms with Crippen molar-refractivity contribution in [2.24, 2.45) is 0 Å². The summed E-state index contributed by atoms with van der Waals surface area (Å²) >= 11 is 0. The second-order valence-electron chi connectivity index (χ2n) is 8.95. The number of aliphatic hydroxyl groups is 2. The molecule has 0 aromatic heterocycles. The van der Waals surface area contributed by atoms with Gasteiger partial charge in [-0.1, -0.05) is 110 Å². The maximum absolute atomic E-state index is 11.4. The Balaban J connectivity index is 0. The lowest BCUT2D eigenvalue weighted by Crippen LogP contribution is -2.09. The Hall–Kier alpha value is -0.690. The van der Waals surface area contributed by atoms with E-state index in [1.807, 2.05) is 0 Å². The summed E-state index contributed by atoms with van der Waals surface area (Å²) in [6, 6.07) is 0. The van der Waals surface area contributed by atoms with Crippen LogP contribution in [0, 0.1) is 0 Å². The molecule has 0 unspecified atom stereocenters. The van der Waals surface area contributed by atoms with Gasteiger partial charge in [-0.05, 0) is 12.8 Å². The smallest absolute Gasteiger partial charge is 0.305 e. The maximum Gasteiger partial charge on any atom is 0.305 e. The van der Waals surface area contributed by atoms with E-state index in [0.29, 0.717) is 39.5 Å². The van der Waals surface area contributed by atoms with Gasteiger partial charge < -0.3 is 24.4 Å². The van der Waals surface area contributed by atoms with Crippen LogP contribution in [-0.2, 0) is 19.0 Å². The first-order valence-corrected chi connectivity index (χ1v) is 14.3. The van der Waals surface area contributed by atoms with Crippen molar-refractivity contribution in [1.29, 1.82) is 0 Å². The van der Waals surface area contributed by atoms with Gasteiger partial charge in [0.15, 0.2) is 0 Å². The molecule has 0 aliphatic heterocycles. The first kappa shape index (κ1) is 35.5. The highest BCUT2D eigenvalue weighted by molar-refractivity contribution is 5.69. The van der Waals surface area contributed by atoms with Crippen LogP contribution in [0.25, 0.3) is 0 Å². The highest BCUT2D eigenvalue weighted by Gasteiger charge is 2.01. The zero-order valence-corrected chi connectivity index (χ0v) is 22.7. The second-order valence-corrected chi connectivity index (χ2v) is 8.95. The summed E-state index contributed by atoms with van der Waals surface area (Å²) in [7, 11) is 0. The highest BCUT2D eigenvalue weighted by Crippen LogP contribution is 2.13. The molecule has 0 rings (SSSR count). The number of aliphatic hydroxyl groups excluding tert-OH is 2. The van der Waals surface area contributed by atoms with E-state index in [-0.39, 0.29) is 19.2 Å². The Kier molecular flexibility index (Phi) is 36.0. The minimum absolute atomic E-state index is 0.00172. The van der Waals surface area contributed by atoms with E-state index < -0.39 is 0 Å². The summed E-state index contributed by atoms with van der Waals surface area (Å²) < 4.78 is 14.9. The van der Waals surface area contributed by atoms with Crippen molar-refractivity contribution in [2.75, 3.05) is 46.2 Å². The van der Waals surface area contributed by atoms with Crippen LogP contribution in [0.3, 0.4) is 0 Å². The summed E-state index contributed by atoms with van der Waals surface area (Å²) in [5.41, 5.74) is 0. The third-order valence-electron chi connectivity index (χ3n) is 5.59. The maximum atomic E-state index is 11.4. The predicted molar refractivity (Wildman–Crippen MR) is 141 cm³/mol. The van der Waals surface area contributed by atoms with Gasteiger partial charge in [-0.15, -0.1) is 0 Å². The first-order valence-electron chi connectivity index (χ1n) is 14.3. The molecule has 6 heteroatoms. The standard InChI is InChI=1S/C22H44O2.C6H14O4/c1-3-5-7-8-9-10-11-12-13-14-15-16-17-18-19-20-22(23)24-21-6-4-2;7-1-3-9-5-6-10-4-2-8/h3-21H2,1-2H3;7-8H,1-6H2. The van der Waals surface area contributed by atoms with Gasteiger partial charge in [-0.3, -0.25) is 4.79 Å². The zero-order chi connectivity index (χ0) is 25.4. The summed E-state index contributed by atoms with van der Waals surface area (Å²) in [5, 5.41) is 16.5. The van der Waals surface area contributed by atoms with Crippen molar-refractivity contribution < 1.29 is 29.2 Å². The Morgan fingerprint density at radius 1 is 0.500 bits per heavy atom. The van der Waals surface area contributed by atoms with Crippen molar-refractivity contribution in [3.05, 3.63) is 0 Å². The number of hydrogen-bond acceptors (Lipinski definition) is 6. The van der Waals surface area contributed by atoms with Crippen molar-refractivity contribution in [1.82, 2.24) is 0 Å². The van der Waals surface area contributed by atoms with Gasteiger partial charge in [-0.25, -0.2) is 0 Å². The number of unbranched alkanes of at least 4 members (excludes halogenated alkanes) is 15. The van der Waals surface area contributed by atoms with Crippen molar-refractivity contribution in [3.63, 3.8) is 0 Å². The molecule has 0 aromatic carbocycles. The van der Waals surface area contributed by atoms with Gasteiger partial charge in [0.05, 0.1) is 46.2 Å². The monoisotopic (exact) mass is 490 g/mol. The Morgan fingerprint density at radius 2 is 0.882 bits per heavy atom. The molecule has 34 heavy (non-hydrogen) atoms. The lowest BCUT2D eigenvalue weighted by atomic mass is 10.0. The number of carbonyl (C=O) groups is 1. The molecular formula is C28H58O6. The van der Waals surface area contributed by atoms with E-state index in [2.05, 4.69) is 13.8 Å². The topological polar surface area (TPSA) is 85.2 Å². The average molecular weight is 491 g/mol. The molecule has 0 spiro atoms. The molecule has 0 atom stereocenters. The SMILES string of the molecule is CCCCCCCCCCCCCCCCCC(=O)OCCCC.OCCOCCOCCO. The molecule has 206 valence electrons. The molecule has 0 heterocycles. The molecule has 0 radical (unpaired) electrons. The second kappa shape index (κ2) is 34.5. The van der Waals surface area contributed by atoms with Crippen LogP contribution in [-0.4, -0.2) is 62.4 Å². The normalized spacial score (nSPS) is 10.7. The first-order chi connectivity index (χ1) is 16.7. The molecule has 2 N–H and O–H groups in total. The van der Waals surface area contributed by atoms with E-state index in [0.717, 1.165) is 19.3 Å². The van der Waals surface area contributed by atoms with Gasteiger partial charge in [0, 0.05) is 6.42 Å². The molecule has 0 bridgehead atoms. The van der Waals surface area contributed by atoms with Gasteiger partial charge in [-0.2, -0.15) is 0 Å². The summed E-state index contributed by atoms with van der Waals surface area (Å²) in [5.74, 6) is -0.00172. The van der Waals surface area contributed by atoms with Crippen LogP contribution in [0.5, 0.6) is 0 Å². The highest BCUT2D eigenvalue weighted by atomic mass is 16.5. The quantitative estimate of drug-likeness (QED) is 0.105. The van der Waals surface area contributed by atoms with Crippen molar-refractivity contribution in [2.45, 2.75) is 129 Å². The van der Waals surface area contributed by atoms with Gasteiger partial charge in [0.25, 0.3) is 0 Å². The lowest BCUT2D eigenvalue weighted by molar-refractivity contribution is -0.143. The average Bonchev–Trinajstić information content (AvgIpc) is 2.84. The van der Waals surface area contributed by atoms with E-state index in [4.69, 9.17) is 24.4 Å². The number of ether oxygens (including phenoxy) is 3. The van der Waals surface area contributed by atoms with Crippen LogP contribution in [0.4, 0.5) is 0 Å². The molecule has 6 nitrogen and oxygen atoms in total. The fourth-order valence-electron chi connectivity index (χ4n) is 3.49. The van der Waals surface area contributed by atoms with Crippen LogP contribution >= 0.6 is 0 Å². The molecule has 0 amide bonds. The largest absolute Gasteiger partial charge is 0.466 e. The molecule has 0 saturated heterocycles. The van der Waals surface area contributed by atoms with E-state index in [1.165, 1.54) is 89.9 Å². The van der Waals surface area contributed by atoms with Crippen molar-refractivity contribution >= 4 is 5.97 Å². The van der Waals surface area contributed by atoms with Gasteiger partial charge >= 0.3 is 5.97 Å². The van der Waals surface area contributed by atoms with E-state index in [9.17, 15) is 4.79 Å². The van der Waals surface area contributed by atoms with Gasteiger partial charge in [0.1, 0.15) is 0 Å². The fourth-order valence-corrected chi connectivity index (χ4v) is 3.49. The van der Waals surface area contributed by atoms with Crippen LogP contribution in [0.1, 0.15) is 129 Å². The Morgan fingerprint density at radius 3 is 1.26 bits per heavy atom. The number of esters is 1. The van der Waals surface area contributed by atoms with Crippen LogP contribution < -0.4 is 0 Å². The third kappa shape index (κ3) is 35.9. The number of rotatable bonds is 26. The minimum atomic E-state index is -0.00172. The molecule has 0 fully saturated rings. The molecule has 0 aliphatic carbocycles. The number of hydrogen-bond donors (Lipinski definition) is 2. The molecular weight excluding hydrogens is 432 g/mol. The predicted octanol–water partition coefficient (Wildman–Crippen LogP) is 6.60. The third-order valence-corrected chi connectivity index (χ3v) is 5.59. The summed E-state index contributed by atoms with van der Waals surface area (Å²) in [4.78, 5) is 11.4. The number of carbonyl (C=O) groups excluding carboxylic acids is 1. The van der Waals surface area contributed by atoms with Crippen LogP contribution in [0.15, 0.2) is 0 Å². The minimum Gasteiger partial charge on any atom is -0.466 e. The Labute approximate surface area is 211 Å². The molecule has 0 saturated carbocycles. The zero-order valence-electron chi connectivity index (χ0n) is 22.7. The fraction of sp³-hybridized carbons (Fsp3) is 0.964. The lowest BCUT2D eigenvalue weighted by Gasteiger charge is -2.04. The molecule has 0 aromatic rings. The molecule has 0 aliphatic rings. The van der Waals surface area contributed by atoms with E-state index >= 15 is 0 Å².